The first-order chi connectivity index (χ1) is 3.30. The maximum absolute atomic E-state index is 5.72. The second kappa shape index (κ2) is 2.60. The number of rotatable bonds is 0. The molecule has 0 bridgehead atoms. The van der Waals surface area contributed by atoms with E-state index in [1.54, 1.807) is 0 Å². The van der Waals surface area contributed by atoms with Crippen molar-refractivity contribution in [2.24, 2.45) is 0 Å². The number of allylic oxidation sites excluding steroid dienone is 2. The molecule has 0 radical (unpaired) electrons. The molecule has 1 aliphatic rings. The van der Waals surface area contributed by atoms with Crippen LogP contribution in [0.2, 0.25) is 4.47 Å². The van der Waals surface area contributed by atoms with Crippen molar-refractivity contribution in [3.05, 3.63) is 11.1 Å². The fourth-order valence-electron chi connectivity index (χ4n) is 0.384. The Kier molecular flexibility index (Phi) is 2.31. The van der Waals surface area contributed by atoms with Gasteiger partial charge in [-0.05, 0) is 0 Å². The zero-order valence-electron chi connectivity index (χ0n) is 3.53. The molecule has 40 valence electrons. The molecular weight excluding hydrogens is 247 g/mol. The van der Waals surface area contributed by atoms with Crippen molar-refractivity contribution in [2.45, 2.75) is 7.89 Å². The molecule has 7 heavy (non-hydrogen) atoms. The van der Waals surface area contributed by atoms with Crippen molar-refractivity contribution in [3.63, 3.8) is 0 Å². The van der Waals surface area contributed by atoms with Gasteiger partial charge < -0.3 is 0 Å². The van der Waals surface area contributed by atoms with Gasteiger partial charge in [-0.25, -0.2) is 0 Å². The Balaban J connectivity index is 2.54. The van der Waals surface area contributed by atoms with Gasteiger partial charge in [0.15, 0.2) is 0 Å². The Hall–Kier alpha value is 1.11. The van der Waals surface area contributed by atoms with Crippen LogP contribution in [0.1, 0.15) is 0 Å². The summed E-state index contributed by atoms with van der Waals surface area (Å²) in [7, 11) is 0. The standard InChI is InChI=1S/C4H4Cl2Te/c5-3-1-2-7-4(3)6/h1,4H,2H2. The van der Waals surface area contributed by atoms with E-state index < -0.39 is 0 Å². The summed E-state index contributed by atoms with van der Waals surface area (Å²) in [5.41, 5.74) is 0. The van der Waals surface area contributed by atoms with Crippen molar-refractivity contribution in [1.82, 2.24) is 0 Å². The van der Waals surface area contributed by atoms with E-state index in [4.69, 9.17) is 23.2 Å². The minimum atomic E-state index is 0.0284. The molecule has 1 atom stereocenters. The molecule has 0 fully saturated rings. The second-order valence-electron chi connectivity index (χ2n) is 1.24. The van der Waals surface area contributed by atoms with Gasteiger partial charge in [0, 0.05) is 0 Å². The molecule has 0 amide bonds. The number of alkyl halides is 1. The van der Waals surface area contributed by atoms with Gasteiger partial charge in [-0.1, -0.05) is 0 Å². The first kappa shape index (κ1) is 6.23. The van der Waals surface area contributed by atoms with E-state index in [0.717, 1.165) is 5.03 Å². The van der Waals surface area contributed by atoms with Gasteiger partial charge in [-0.3, -0.25) is 0 Å². The third kappa shape index (κ3) is 1.50. The van der Waals surface area contributed by atoms with Crippen LogP contribution < -0.4 is 0 Å². The van der Waals surface area contributed by atoms with Crippen LogP contribution in [0.5, 0.6) is 0 Å². The van der Waals surface area contributed by atoms with E-state index in [1.165, 1.54) is 4.47 Å². The molecule has 0 saturated carbocycles. The Labute approximate surface area is 62.9 Å². The Morgan fingerprint density at radius 3 is 2.71 bits per heavy atom. The van der Waals surface area contributed by atoms with E-state index in [1.807, 2.05) is 6.08 Å². The molecule has 0 aliphatic carbocycles. The molecule has 0 aromatic heterocycles. The molecule has 0 spiro atoms. The molecule has 0 aromatic carbocycles. The third-order valence-corrected chi connectivity index (χ3v) is 5.29. The SMILES string of the molecule is ClC1=CC[Te]C1Cl. The van der Waals surface area contributed by atoms with Crippen molar-refractivity contribution in [3.8, 4) is 0 Å². The molecule has 0 N–H and O–H groups in total. The summed E-state index contributed by atoms with van der Waals surface area (Å²) < 4.78 is 1.42. The van der Waals surface area contributed by atoms with Gasteiger partial charge in [0.25, 0.3) is 0 Å². The zero-order valence-corrected chi connectivity index (χ0v) is 7.37. The quantitative estimate of drug-likeness (QED) is 0.454. The van der Waals surface area contributed by atoms with Crippen molar-refractivity contribution in [1.29, 1.82) is 0 Å². The molecule has 1 unspecified atom stereocenters. The molecule has 3 heteroatoms. The van der Waals surface area contributed by atoms with Crippen LogP contribution in [0.15, 0.2) is 11.1 Å². The van der Waals surface area contributed by atoms with Gasteiger partial charge >= 0.3 is 63.1 Å². The van der Waals surface area contributed by atoms with Gasteiger partial charge in [0.2, 0.25) is 0 Å². The summed E-state index contributed by atoms with van der Waals surface area (Å²) in [4.78, 5) is 0. The Morgan fingerprint density at radius 1 is 1.86 bits per heavy atom. The fraction of sp³-hybridized carbons (Fsp3) is 0.500. The molecule has 0 nitrogen and oxygen atoms in total. The van der Waals surface area contributed by atoms with E-state index in [2.05, 4.69) is 0 Å². The molecular formula is C4H4Cl2Te. The summed E-state index contributed by atoms with van der Waals surface area (Å²) in [6.45, 7) is 0. The van der Waals surface area contributed by atoms with Gasteiger partial charge in [-0.15, -0.1) is 0 Å². The van der Waals surface area contributed by atoms with Crippen LogP contribution in [0, 0.1) is 0 Å². The average Bonchev–Trinajstić information content (AvgIpc) is 1.91. The summed E-state index contributed by atoms with van der Waals surface area (Å²) in [6, 6.07) is 0. The maximum atomic E-state index is 5.72. The zero-order chi connectivity index (χ0) is 5.28. The topological polar surface area (TPSA) is 0 Å². The summed E-state index contributed by atoms with van der Waals surface area (Å²) in [6.07, 6.45) is 2.03. The van der Waals surface area contributed by atoms with Crippen LogP contribution in [0.4, 0.5) is 0 Å². The van der Waals surface area contributed by atoms with Crippen LogP contribution in [-0.4, -0.2) is 24.3 Å². The van der Waals surface area contributed by atoms with E-state index >= 15 is 0 Å². The van der Waals surface area contributed by atoms with Crippen LogP contribution in [0.3, 0.4) is 0 Å². The molecule has 0 aromatic rings. The molecule has 0 saturated heterocycles. The summed E-state index contributed by atoms with van der Waals surface area (Å²) in [5, 5.41) is 0.879. The fourth-order valence-corrected chi connectivity index (χ4v) is 3.75. The van der Waals surface area contributed by atoms with Crippen LogP contribution in [0.25, 0.3) is 0 Å². The second-order valence-corrected chi connectivity index (χ2v) is 6.17. The normalized spacial score (nSPS) is 30.6. The van der Waals surface area contributed by atoms with Crippen LogP contribution >= 0.6 is 23.2 Å². The van der Waals surface area contributed by atoms with Crippen LogP contribution in [-0.2, 0) is 0 Å². The predicted molar refractivity (Wildman–Crippen MR) is 34.1 cm³/mol. The monoisotopic (exact) mass is 252 g/mol. The van der Waals surface area contributed by atoms with E-state index in [9.17, 15) is 0 Å². The Morgan fingerprint density at radius 2 is 2.57 bits per heavy atom. The molecule has 1 rings (SSSR count). The predicted octanol–water partition coefficient (Wildman–Crippen LogP) is 1.81. The van der Waals surface area contributed by atoms with Crippen molar-refractivity contribution >= 4 is 44.1 Å². The molecule has 1 heterocycles. The summed E-state index contributed by atoms with van der Waals surface area (Å²) in [5.74, 6) is 0. The third-order valence-electron chi connectivity index (χ3n) is 0.738. The van der Waals surface area contributed by atoms with Gasteiger partial charge in [0.05, 0.1) is 0 Å². The Bertz CT molecular complexity index is 99.9. The molecule has 1 aliphatic heterocycles. The number of halogens is 2. The summed E-state index contributed by atoms with van der Waals surface area (Å²) >= 11 is 11.4. The van der Waals surface area contributed by atoms with Crippen molar-refractivity contribution < 1.29 is 0 Å². The average molecular weight is 251 g/mol. The van der Waals surface area contributed by atoms with Crippen molar-refractivity contribution in [2.75, 3.05) is 0 Å². The van der Waals surface area contributed by atoms with E-state index in [-0.39, 0.29) is 24.3 Å². The first-order valence-electron chi connectivity index (χ1n) is 1.92. The number of hydrogen-bond acceptors (Lipinski definition) is 0. The first-order valence-corrected chi connectivity index (χ1v) is 5.72. The van der Waals surface area contributed by atoms with Gasteiger partial charge in [-0.2, -0.15) is 0 Å². The van der Waals surface area contributed by atoms with Gasteiger partial charge in [0.1, 0.15) is 0 Å². The number of hydrogen-bond donors (Lipinski definition) is 0. The van der Waals surface area contributed by atoms with E-state index in [0.29, 0.717) is 0 Å². The minimum absolute atomic E-state index is 0.0284.